The average Bonchev–Trinajstić information content (AvgIpc) is 2.82. The summed E-state index contributed by atoms with van der Waals surface area (Å²) in [6.07, 6.45) is 6.35. The number of hydrogen-bond donors (Lipinski definition) is 2. The van der Waals surface area contributed by atoms with Crippen molar-refractivity contribution in [3.8, 4) is 12.3 Å². The van der Waals surface area contributed by atoms with E-state index in [1.807, 2.05) is 0 Å². The van der Waals surface area contributed by atoms with Crippen LogP contribution in [0, 0.1) is 18.3 Å². The van der Waals surface area contributed by atoms with Crippen LogP contribution in [0.2, 0.25) is 0 Å². The Morgan fingerprint density at radius 3 is 2.19 bits per heavy atom. The van der Waals surface area contributed by atoms with E-state index in [0.717, 1.165) is 0 Å². The lowest BCUT2D eigenvalue weighted by molar-refractivity contribution is 0.0941. The molecule has 0 aromatic heterocycles. The van der Waals surface area contributed by atoms with Gasteiger partial charge in [-0.15, -0.1) is 6.42 Å². The lowest BCUT2D eigenvalue weighted by Gasteiger charge is -2.31. The SMILES string of the molecule is C#CCNS(=O)(=O)c1ccc(C(=O)NCC2CCN(S(=O)(=O)c3ccccc3)CC2)cc1. The summed E-state index contributed by atoms with van der Waals surface area (Å²) in [5, 5.41) is 2.85. The van der Waals surface area contributed by atoms with Gasteiger partial charge in [-0.25, -0.2) is 16.8 Å². The number of carbonyl (C=O) groups excluding carboxylic acids is 1. The van der Waals surface area contributed by atoms with Crippen molar-refractivity contribution in [3.63, 3.8) is 0 Å². The van der Waals surface area contributed by atoms with Crippen LogP contribution in [-0.2, 0) is 20.0 Å². The number of terminal acetylenes is 1. The topological polar surface area (TPSA) is 113 Å². The van der Waals surface area contributed by atoms with Crippen molar-refractivity contribution in [1.29, 1.82) is 0 Å². The standard InChI is InChI=1S/C22H25N3O5S2/c1-2-14-24-31(27,28)20-10-8-19(9-11-20)22(26)23-17-18-12-15-25(16-13-18)32(29,30)21-6-4-3-5-7-21/h1,3-11,18,24H,12-17H2,(H,23,26). The maximum absolute atomic E-state index is 12.7. The average molecular weight is 476 g/mol. The van der Waals surface area contributed by atoms with E-state index in [4.69, 9.17) is 6.42 Å². The van der Waals surface area contributed by atoms with E-state index in [0.29, 0.717) is 38.0 Å². The molecular weight excluding hydrogens is 450 g/mol. The maximum atomic E-state index is 12.7. The summed E-state index contributed by atoms with van der Waals surface area (Å²) in [6.45, 7) is 1.10. The van der Waals surface area contributed by atoms with Crippen LogP contribution >= 0.6 is 0 Å². The molecule has 1 aliphatic rings. The zero-order valence-electron chi connectivity index (χ0n) is 17.4. The van der Waals surface area contributed by atoms with Crippen LogP contribution in [0.4, 0.5) is 0 Å². The quantitative estimate of drug-likeness (QED) is 0.561. The van der Waals surface area contributed by atoms with E-state index >= 15 is 0 Å². The second-order valence-corrected chi connectivity index (χ2v) is 11.1. The summed E-state index contributed by atoms with van der Waals surface area (Å²) >= 11 is 0. The fourth-order valence-electron chi connectivity index (χ4n) is 3.44. The number of sulfonamides is 2. The Labute approximate surface area is 189 Å². The molecule has 1 amide bonds. The van der Waals surface area contributed by atoms with Gasteiger partial charge in [-0.2, -0.15) is 9.03 Å². The lowest BCUT2D eigenvalue weighted by atomic mass is 9.98. The van der Waals surface area contributed by atoms with Crippen molar-refractivity contribution in [2.45, 2.75) is 22.6 Å². The zero-order valence-corrected chi connectivity index (χ0v) is 19.0. The molecule has 0 aliphatic carbocycles. The highest BCUT2D eigenvalue weighted by Gasteiger charge is 2.29. The Morgan fingerprint density at radius 2 is 1.59 bits per heavy atom. The molecule has 2 aromatic rings. The van der Waals surface area contributed by atoms with Crippen LogP contribution in [0.25, 0.3) is 0 Å². The molecule has 1 heterocycles. The van der Waals surface area contributed by atoms with Gasteiger partial charge in [-0.05, 0) is 55.2 Å². The van der Waals surface area contributed by atoms with Gasteiger partial charge in [0.05, 0.1) is 16.3 Å². The molecule has 1 aliphatic heterocycles. The smallest absolute Gasteiger partial charge is 0.251 e. The molecule has 3 rings (SSSR count). The highest BCUT2D eigenvalue weighted by atomic mass is 32.2. The number of benzene rings is 2. The second kappa shape index (κ2) is 10.3. The first-order valence-electron chi connectivity index (χ1n) is 10.1. The monoisotopic (exact) mass is 475 g/mol. The van der Waals surface area contributed by atoms with Crippen molar-refractivity contribution in [1.82, 2.24) is 14.3 Å². The molecule has 2 N–H and O–H groups in total. The van der Waals surface area contributed by atoms with Crippen LogP contribution in [-0.4, -0.2) is 53.2 Å². The number of amides is 1. The molecule has 1 saturated heterocycles. The highest BCUT2D eigenvalue weighted by Crippen LogP contribution is 2.23. The summed E-state index contributed by atoms with van der Waals surface area (Å²) in [4.78, 5) is 12.7. The Balaban J connectivity index is 1.51. The van der Waals surface area contributed by atoms with Gasteiger partial charge in [0.1, 0.15) is 0 Å². The number of nitrogens with zero attached hydrogens (tertiary/aromatic N) is 1. The fourth-order valence-corrected chi connectivity index (χ4v) is 5.87. The van der Waals surface area contributed by atoms with Gasteiger partial charge in [0.2, 0.25) is 20.0 Å². The van der Waals surface area contributed by atoms with Crippen molar-refractivity contribution in [3.05, 3.63) is 60.2 Å². The highest BCUT2D eigenvalue weighted by molar-refractivity contribution is 7.89. The Bertz CT molecular complexity index is 1180. The molecule has 8 nitrogen and oxygen atoms in total. The van der Waals surface area contributed by atoms with E-state index < -0.39 is 20.0 Å². The van der Waals surface area contributed by atoms with Crippen LogP contribution in [0.1, 0.15) is 23.2 Å². The Kier molecular flexibility index (Phi) is 7.69. The van der Waals surface area contributed by atoms with Gasteiger partial charge in [0, 0.05) is 25.2 Å². The molecule has 0 radical (unpaired) electrons. The Morgan fingerprint density at radius 1 is 0.969 bits per heavy atom. The summed E-state index contributed by atoms with van der Waals surface area (Å²) in [5.41, 5.74) is 0.338. The van der Waals surface area contributed by atoms with Gasteiger partial charge in [0.15, 0.2) is 0 Å². The molecule has 1 fully saturated rings. The molecule has 0 saturated carbocycles. The summed E-state index contributed by atoms with van der Waals surface area (Å²) < 4.78 is 53.2. The lowest BCUT2D eigenvalue weighted by Crippen LogP contribution is -2.41. The summed E-state index contributed by atoms with van der Waals surface area (Å²) in [5.74, 6) is 2.05. The minimum absolute atomic E-state index is 0.0243. The predicted octanol–water partition coefficient (Wildman–Crippen LogP) is 1.43. The zero-order chi connectivity index (χ0) is 23.2. The molecule has 32 heavy (non-hydrogen) atoms. The maximum Gasteiger partial charge on any atom is 0.251 e. The van der Waals surface area contributed by atoms with E-state index in [1.54, 1.807) is 30.3 Å². The first-order valence-corrected chi connectivity index (χ1v) is 13.0. The predicted molar refractivity (Wildman–Crippen MR) is 121 cm³/mol. The number of nitrogens with one attached hydrogen (secondary N) is 2. The molecule has 170 valence electrons. The summed E-state index contributed by atoms with van der Waals surface area (Å²) in [7, 11) is -7.21. The van der Waals surface area contributed by atoms with Crippen LogP contribution in [0.5, 0.6) is 0 Å². The van der Waals surface area contributed by atoms with Gasteiger partial charge in [0.25, 0.3) is 5.91 Å². The molecular formula is C22H25N3O5S2. The molecule has 10 heteroatoms. The second-order valence-electron chi connectivity index (χ2n) is 7.42. The largest absolute Gasteiger partial charge is 0.352 e. The molecule has 0 unspecified atom stereocenters. The van der Waals surface area contributed by atoms with Crippen molar-refractivity contribution in [2.24, 2.45) is 5.92 Å². The fraction of sp³-hybridized carbons (Fsp3) is 0.318. The molecule has 0 bridgehead atoms. The number of piperidine rings is 1. The number of carbonyl (C=O) groups is 1. The third kappa shape index (κ3) is 5.75. The van der Waals surface area contributed by atoms with Gasteiger partial charge in [-0.3, -0.25) is 4.79 Å². The van der Waals surface area contributed by atoms with E-state index in [2.05, 4.69) is 16.0 Å². The van der Waals surface area contributed by atoms with Crippen LogP contribution in [0.15, 0.2) is 64.4 Å². The number of rotatable bonds is 8. The van der Waals surface area contributed by atoms with Gasteiger partial charge >= 0.3 is 0 Å². The minimum atomic E-state index is -3.71. The molecule has 0 atom stereocenters. The van der Waals surface area contributed by atoms with Crippen molar-refractivity contribution >= 4 is 26.0 Å². The van der Waals surface area contributed by atoms with E-state index in [1.165, 1.54) is 28.6 Å². The van der Waals surface area contributed by atoms with Crippen LogP contribution in [0.3, 0.4) is 0 Å². The first kappa shape index (κ1) is 23.9. The van der Waals surface area contributed by atoms with Crippen molar-refractivity contribution < 1.29 is 21.6 Å². The Hall–Kier alpha value is -2.71. The van der Waals surface area contributed by atoms with E-state index in [9.17, 15) is 21.6 Å². The molecule has 2 aromatic carbocycles. The molecule has 0 spiro atoms. The third-order valence-corrected chi connectivity index (χ3v) is 8.63. The van der Waals surface area contributed by atoms with E-state index in [-0.39, 0.29) is 28.2 Å². The van der Waals surface area contributed by atoms with Gasteiger partial charge in [-0.1, -0.05) is 24.1 Å². The number of hydrogen-bond acceptors (Lipinski definition) is 5. The third-order valence-electron chi connectivity index (χ3n) is 5.30. The normalized spacial score (nSPS) is 15.7. The summed E-state index contributed by atoms with van der Waals surface area (Å²) in [6, 6.07) is 13.9. The minimum Gasteiger partial charge on any atom is -0.352 e. The van der Waals surface area contributed by atoms with Gasteiger partial charge < -0.3 is 5.32 Å². The van der Waals surface area contributed by atoms with Crippen molar-refractivity contribution in [2.75, 3.05) is 26.2 Å². The first-order chi connectivity index (χ1) is 15.2. The van der Waals surface area contributed by atoms with Crippen LogP contribution < -0.4 is 10.0 Å².